The fourth-order valence-corrected chi connectivity index (χ4v) is 3.48. The van der Waals surface area contributed by atoms with Crippen LogP contribution in [-0.2, 0) is 6.42 Å². The molecule has 1 unspecified atom stereocenters. The molecule has 1 atom stereocenters. The van der Waals surface area contributed by atoms with Crippen LogP contribution in [0.5, 0.6) is 0 Å². The van der Waals surface area contributed by atoms with Gasteiger partial charge in [-0.05, 0) is 31.0 Å². The molecule has 20 heavy (non-hydrogen) atoms. The Morgan fingerprint density at radius 2 is 1.85 bits per heavy atom. The van der Waals surface area contributed by atoms with Crippen LogP contribution in [0.25, 0.3) is 0 Å². The number of hydrogen-bond acceptors (Lipinski definition) is 3. The minimum atomic E-state index is 0.648. The van der Waals surface area contributed by atoms with Gasteiger partial charge in [-0.2, -0.15) is 0 Å². The summed E-state index contributed by atoms with van der Waals surface area (Å²) in [6, 6.07) is 10.2. The van der Waals surface area contributed by atoms with E-state index >= 15 is 0 Å². The third-order valence-electron chi connectivity index (χ3n) is 4.63. The van der Waals surface area contributed by atoms with E-state index in [-0.39, 0.29) is 0 Å². The highest BCUT2D eigenvalue weighted by Gasteiger charge is 2.34. The Hall–Kier alpha value is -0.420. The summed E-state index contributed by atoms with van der Waals surface area (Å²) < 4.78 is 1.16. The predicted octanol–water partition coefficient (Wildman–Crippen LogP) is 1.97. The molecular formula is C16H24BrN3. The Bertz CT molecular complexity index is 422. The monoisotopic (exact) mass is 337 g/mol. The highest BCUT2D eigenvalue weighted by Crippen LogP contribution is 2.21. The first-order valence-electron chi connectivity index (χ1n) is 7.65. The lowest BCUT2D eigenvalue weighted by molar-refractivity contribution is 0.00427. The second-order valence-electron chi connectivity index (χ2n) is 6.07. The van der Waals surface area contributed by atoms with E-state index in [4.69, 9.17) is 0 Å². The van der Waals surface area contributed by atoms with Crippen molar-refractivity contribution in [1.29, 1.82) is 0 Å². The van der Waals surface area contributed by atoms with E-state index in [2.05, 4.69) is 62.2 Å². The summed E-state index contributed by atoms with van der Waals surface area (Å²) in [5.74, 6) is 0. The van der Waals surface area contributed by atoms with Crippen LogP contribution < -0.4 is 5.32 Å². The van der Waals surface area contributed by atoms with Crippen molar-refractivity contribution < 1.29 is 0 Å². The standard InChI is InChI=1S/C16H24BrN3/c1-13(10-14-2-4-15(17)5-3-14)20-11-16(12-20)19-8-6-18-7-9-19/h2-5,13,16,18H,6-12H2,1H3. The zero-order valence-corrected chi connectivity index (χ0v) is 13.8. The van der Waals surface area contributed by atoms with Gasteiger partial charge >= 0.3 is 0 Å². The second-order valence-corrected chi connectivity index (χ2v) is 6.99. The molecule has 110 valence electrons. The fourth-order valence-electron chi connectivity index (χ4n) is 3.22. The predicted molar refractivity (Wildman–Crippen MR) is 87.1 cm³/mol. The maximum atomic E-state index is 3.50. The number of likely N-dealkylation sites (tertiary alicyclic amines) is 1. The molecule has 3 nitrogen and oxygen atoms in total. The summed E-state index contributed by atoms with van der Waals surface area (Å²) in [7, 11) is 0. The maximum absolute atomic E-state index is 3.50. The summed E-state index contributed by atoms with van der Waals surface area (Å²) in [4.78, 5) is 5.27. The maximum Gasteiger partial charge on any atom is 0.0351 e. The average molecular weight is 338 g/mol. The van der Waals surface area contributed by atoms with E-state index in [0.717, 1.165) is 30.0 Å². The quantitative estimate of drug-likeness (QED) is 0.906. The van der Waals surface area contributed by atoms with Crippen LogP contribution in [-0.4, -0.2) is 61.2 Å². The van der Waals surface area contributed by atoms with E-state index in [1.54, 1.807) is 0 Å². The van der Waals surface area contributed by atoms with Gasteiger partial charge in [-0.3, -0.25) is 9.80 Å². The highest BCUT2D eigenvalue weighted by molar-refractivity contribution is 9.10. The normalized spacial score (nSPS) is 23.5. The van der Waals surface area contributed by atoms with Crippen LogP contribution in [0.3, 0.4) is 0 Å². The molecule has 0 spiro atoms. The van der Waals surface area contributed by atoms with Crippen LogP contribution in [0.2, 0.25) is 0 Å². The molecule has 0 amide bonds. The molecule has 4 heteroatoms. The molecule has 0 radical (unpaired) electrons. The van der Waals surface area contributed by atoms with Gasteiger partial charge in [0.2, 0.25) is 0 Å². The van der Waals surface area contributed by atoms with Gasteiger partial charge in [0.15, 0.2) is 0 Å². The number of halogens is 1. The molecule has 0 aromatic heterocycles. The van der Waals surface area contributed by atoms with E-state index in [0.29, 0.717) is 6.04 Å². The Morgan fingerprint density at radius 3 is 2.50 bits per heavy atom. The van der Waals surface area contributed by atoms with Crippen LogP contribution in [0.4, 0.5) is 0 Å². The van der Waals surface area contributed by atoms with Crippen LogP contribution >= 0.6 is 15.9 Å². The largest absolute Gasteiger partial charge is 0.314 e. The first-order chi connectivity index (χ1) is 9.72. The lowest BCUT2D eigenvalue weighted by Crippen LogP contribution is -2.64. The van der Waals surface area contributed by atoms with Crippen molar-refractivity contribution in [2.45, 2.75) is 25.4 Å². The molecule has 2 aliphatic heterocycles. The fraction of sp³-hybridized carbons (Fsp3) is 0.625. The van der Waals surface area contributed by atoms with Gasteiger partial charge in [0.1, 0.15) is 0 Å². The summed E-state index contributed by atoms with van der Waals surface area (Å²) in [5.41, 5.74) is 1.44. The Labute approximate surface area is 130 Å². The minimum Gasteiger partial charge on any atom is -0.314 e. The summed E-state index contributed by atoms with van der Waals surface area (Å²) >= 11 is 3.50. The van der Waals surface area contributed by atoms with Gasteiger partial charge in [0, 0.05) is 55.8 Å². The number of hydrogen-bond donors (Lipinski definition) is 1. The Balaban J connectivity index is 1.45. The van der Waals surface area contributed by atoms with Crippen molar-refractivity contribution in [1.82, 2.24) is 15.1 Å². The van der Waals surface area contributed by atoms with Crippen molar-refractivity contribution in [2.75, 3.05) is 39.3 Å². The van der Waals surface area contributed by atoms with Crippen molar-refractivity contribution in [2.24, 2.45) is 0 Å². The Kier molecular flexibility index (Phi) is 4.76. The molecule has 2 aliphatic rings. The molecule has 2 heterocycles. The number of benzene rings is 1. The van der Waals surface area contributed by atoms with Crippen LogP contribution in [0.15, 0.2) is 28.7 Å². The van der Waals surface area contributed by atoms with Crippen molar-refractivity contribution in [3.8, 4) is 0 Å². The smallest absolute Gasteiger partial charge is 0.0351 e. The lowest BCUT2D eigenvalue weighted by atomic mass is 9.99. The highest BCUT2D eigenvalue weighted by atomic mass is 79.9. The number of nitrogens with zero attached hydrogens (tertiary/aromatic N) is 2. The van der Waals surface area contributed by atoms with Crippen molar-refractivity contribution in [3.63, 3.8) is 0 Å². The molecule has 0 bridgehead atoms. The number of piperazine rings is 1. The minimum absolute atomic E-state index is 0.648. The van der Waals surface area contributed by atoms with E-state index in [9.17, 15) is 0 Å². The number of nitrogens with one attached hydrogen (secondary N) is 1. The molecule has 0 aliphatic carbocycles. The van der Waals surface area contributed by atoms with Gasteiger partial charge in [-0.25, -0.2) is 0 Å². The molecule has 2 fully saturated rings. The van der Waals surface area contributed by atoms with Crippen molar-refractivity contribution in [3.05, 3.63) is 34.3 Å². The summed E-state index contributed by atoms with van der Waals surface area (Å²) in [5, 5.41) is 3.43. The molecule has 0 saturated carbocycles. The third kappa shape index (κ3) is 3.42. The third-order valence-corrected chi connectivity index (χ3v) is 5.15. The second kappa shape index (κ2) is 6.56. The van der Waals surface area contributed by atoms with E-state index in [1.807, 2.05) is 0 Å². The topological polar surface area (TPSA) is 18.5 Å². The zero-order chi connectivity index (χ0) is 13.9. The van der Waals surface area contributed by atoms with E-state index < -0.39 is 0 Å². The summed E-state index contributed by atoms with van der Waals surface area (Å²) in [6.07, 6.45) is 1.15. The first-order valence-corrected chi connectivity index (χ1v) is 8.45. The summed E-state index contributed by atoms with van der Waals surface area (Å²) in [6.45, 7) is 9.61. The number of rotatable bonds is 4. The first kappa shape index (κ1) is 14.5. The molecule has 1 aromatic rings. The molecular weight excluding hydrogens is 314 g/mol. The van der Waals surface area contributed by atoms with Gasteiger partial charge in [0.05, 0.1) is 0 Å². The van der Waals surface area contributed by atoms with Crippen LogP contribution in [0.1, 0.15) is 12.5 Å². The molecule has 3 rings (SSSR count). The average Bonchev–Trinajstić information content (AvgIpc) is 2.41. The van der Waals surface area contributed by atoms with Crippen molar-refractivity contribution >= 4 is 15.9 Å². The molecule has 1 N–H and O–H groups in total. The van der Waals surface area contributed by atoms with Gasteiger partial charge in [-0.1, -0.05) is 28.1 Å². The van der Waals surface area contributed by atoms with Gasteiger partial charge < -0.3 is 5.32 Å². The van der Waals surface area contributed by atoms with Crippen LogP contribution in [0, 0.1) is 0 Å². The molecule has 1 aromatic carbocycles. The van der Waals surface area contributed by atoms with Gasteiger partial charge in [0.25, 0.3) is 0 Å². The molecule has 2 saturated heterocycles. The zero-order valence-electron chi connectivity index (χ0n) is 12.2. The van der Waals surface area contributed by atoms with E-state index in [1.165, 1.54) is 31.7 Å². The van der Waals surface area contributed by atoms with Gasteiger partial charge in [-0.15, -0.1) is 0 Å². The SMILES string of the molecule is CC(Cc1ccc(Br)cc1)N1CC(N2CCNCC2)C1. The Morgan fingerprint density at radius 1 is 1.20 bits per heavy atom. The lowest BCUT2D eigenvalue weighted by Gasteiger charge is -2.49.